The Morgan fingerprint density at radius 2 is 2.38 bits per heavy atom. The lowest BCUT2D eigenvalue weighted by molar-refractivity contribution is -0.136. The van der Waals surface area contributed by atoms with Gasteiger partial charge in [0.15, 0.2) is 0 Å². The maximum absolute atomic E-state index is 10.5. The number of nitrogens with zero attached hydrogens (tertiary/aromatic N) is 1. The molecule has 5 heteroatoms. The lowest BCUT2D eigenvalue weighted by Crippen LogP contribution is -2.11. The van der Waals surface area contributed by atoms with Crippen molar-refractivity contribution in [1.29, 1.82) is 0 Å². The first kappa shape index (κ1) is 10.3. The fourth-order valence-electron chi connectivity index (χ4n) is 0.663. The average molecular weight is 218 g/mol. The van der Waals surface area contributed by atoms with Crippen molar-refractivity contribution in [3.05, 3.63) is 23.4 Å². The molecule has 1 unspecified atom stereocenters. The van der Waals surface area contributed by atoms with E-state index in [0.29, 0.717) is 10.0 Å². The molecule has 70 valence electrons. The van der Waals surface area contributed by atoms with E-state index >= 15 is 0 Å². The molecule has 1 heterocycles. The van der Waals surface area contributed by atoms with Crippen molar-refractivity contribution in [2.45, 2.75) is 17.2 Å². The van der Waals surface area contributed by atoms with Crippen LogP contribution in [0.15, 0.2) is 23.4 Å². The second-order valence-electron chi connectivity index (χ2n) is 2.41. The molecule has 0 saturated carbocycles. The SMILES string of the molecule is CC(Sc1ccc(Cl)cn1)C(=O)O. The number of aliphatic carboxylic acids is 1. The number of carboxylic acid groups (broad SMARTS) is 1. The molecular weight excluding hydrogens is 210 g/mol. The lowest BCUT2D eigenvalue weighted by Gasteiger charge is -2.04. The van der Waals surface area contributed by atoms with E-state index in [-0.39, 0.29) is 0 Å². The molecule has 13 heavy (non-hydrogen) atoms. The molecule has 0 bridgehead atoms. The first-order chi connectivity index (χ1) is 6.09. The van der Waals surface area contributed by atoms with E-state index in [2.05, 4.69) is 4.98 Å². The van der Waals surface area contributed by atoms with Gasteiger partial charge in [0.05, 0.1) is 10.0 Å². The van der Waals surface area contributed by atoms with Gasteiger partial charge in [0.1, 0.15) is 5.25 Å². The summed E-state index contributed by atoms with van der Waals surface area (Å²) in [4.78, 5) is 14.5. The van der Waals surface area contributed by atoms with Crippen molar-refractivity contribution in [3.63, 3.8) is 0 Å². The summed E-state index contributed by atoms with van der Waals surface area (Å²) in [6.45, 7) is 1.61. The van der Waals surface area contributed by atoms with E-state index in [1.807, 2.05) is 0 Å². The molecule has 0 spiro atoms. The second-order valence-corrected chi connectivity index (χ2v) is 4.21. The number of pyridine rings is 1. The van der Waals surface area contributed by atoms with Gasteiger partial charge in [0.25, 0.3) is 0 Å². The van der Waals surface area contributed by atoms with Crippen molar-refractivity contribution < 1.29 is 9.90 Å². The maximum atomic E-state index is 10.5. The molecule has 1 N–H and O–H groups in total. The van der Waals surface area contributed by atoms with Crippen LogP contribution in [0.2, 0.25) is 5.02 Å². The highest BCUT2D eigenvalue weighted by atomic mass is 35.5. The monoisotopic (exact) mass is 217 g/mol. The lowest BCUT2D eigenvalue weighted by atomic mass is 10.5. The van der Waals surface area contributed by atoms with Crippen LogP contribution >= 0.6 is 23.4 Å². The molecule has 1 atom stereocenters. The number of rotatable bonds is 3. The highest BCUT2D eigenvalue weighted by molar-refractivity contribution is 8.00. The van der Waals surface area contributed by atoms with E-state index < -0.39 is 11.2 Å². The molecule has 0 fully saturated rings. The van der Waals surface area contributed by atoms with Crippen molar-refractivity contribution in [3.8, 4) is 0 Å². The Bertz CT molecular complexity index is 302. The molecule has 0 radical (unpaired) electrons. The Morgan fingerprint density at radius 1 is 1.69 bits per heavy atom. The standard InChI is InChI=1S/C8H8ClNO2S/c1-5(8(11)12)13-7-3-2-6(9)4-10-7/h2-5H,1H3,(H,11,12). The Labute approximate surface area is 85.1 Å². The van der Waals surface area contributed by atoms with Gasteiger partial charge in [0, 0.05) is 6.20 Å². The Balaban J connectivity index is 2.64. The van der Waals surface area contributed by atoms with E-state index in [1.165, 1.54) is 18.0 Å². The number of hydrogen-bond acceptors (Lipinski definition) is 3. The summed E-state index contributed by atoms with van der Waals surface area (Å²) < 4.78 is 0. The minimum atomic E-state index is -0.846. The number of carboxylic acids is 1. The number of carbonyl (C=O) groups is 1. The molecule has 0 aliphatic heterocycles. The first-order valence-corrected chi connectivity index (χ1v) is 4.86. The predicted octanol–water partition coefficient (Wildman–Crippen LogP) is 2.30. The molecule has 1 aromatic rings. The van der Waals surface area contributed by atoms with E-state index in [9.17, 15) is 4.79 Å². The Hall–Kier alpha value is -0.740. The second kappa shape index (κ2) is 4.48. The van der Waals surface area contributed by atoms with Gasteiger partial charge in [-0.05, 0) is 19.1 Å². The highest BCUT2D eigenvalue weighted by Gasteiger charge is 2.12. The fraction of sp³-hybridized carbons (Fsp3) is 0.250. The summed E-state index contributed by atoms with van der Waals surface area (Å²) in [5.41, 5.74) is 0. The van der Waals surface area contributed by atoms with Crippen molar-refractivity contribution in [2.24, 2.45) is 0 Å². The number of hydrogen-bond donors (Lipinski definition) is 1. The molecule has 0 saturated heterocycles. The fourth-order valence-corrected chi connectivity index (χ4v) is 1.50. The summed E-state index contributed by atoms with van der Waals surface area (Å²) in [5, 5.41) is 9.35. The first-order valence-electron chi connectivity index (χ1n) is 3.60. The minimum absolute atomic E-state index is 0.492. The highest BCUT2D eigenvalue weighted by Crippen LogP contribution is 2.21. The van der Waals surface area contributed by atoms with Gasteiger partial charge < -0.3 is 5.11 Å². The smallest absolute Gasteiger partial charge is 0.316 e. The van der Waals surface area contributed by atoms with Crippen LogP contribution in [0.25, 0.3) is 0 Å². The van der Waals surface area contributed by atoms with Gasteiger partial charge >= 0.3 is 5.97 Å². The van der Waals surface area contributed by atoms with E-state index in [1.54, 1.807) is 19.1 Å². The molecule has 0 amide bonds. The van der Waals surface area contributed by atoms with Crippen LogP contribution in [0, 0.1) is 0 Å². The van der Waals surface area contributed by atoms with Crippen LogP contribution in [-0.4, -0.2) is 21.3 Å². The van der Waals surface area contributed by atoms with E-state index in [0.717, 1.165) is 0 Å². The Morgan fingerprint density at radius 3 is 2.85 bits per heavy atom. The van der Waals surface area contributed by atoms with Gasteiger partial charge in [-0.2, -0.15) is 0 Å². The summed E-state index contributed by atoms with van der Waals surface area (Å²) in [7, 11) is 0. The zero-order valence-corrected chi connectivity index (χ0v) is 8.47. The molecule has 0 aliphatic carbocycles. The number of aromatic nitrogens is 1. The van der Waals surface area contributed by atoms with Crippen LogP contribution in [0.4, 0.5) is 0 Å². The average Bonchev–Trinajstić information content (AvgIpc) is 2.08. The van der Waals surface area contributed by atoms with Crippen LogP contribution < -0.4 is 0 Å². The van der Waals surface area contributed by atoms with Crippen molar-refractivity contribution in [1.82, 2.24) is 4.98 Å². The summed E-state index contributed by atoms with van der Waals surface area (Å²) in [5.74, 6) is -0.846. The minimum Gasteiger partial charge on any atom is -0.480 e. The zero-order chi connectivity index (χ0) is 9.84. The predicted molar refractivity (Wildman–Crippen MR) is 52.2 cm³/mol. The summed E-state index contributed by atoms with van der Waals surface area (Å²) >= 11 is 6.81. The largest absolute Gasteiger partial charge is 0.480 e. The summed E-state index contributed by atoms with van der Waals surface area (Å²) in [6.07, 6.45) is 1.50. The third kappa shape index (κ3) is 3.24. The van der Waals surface area contributed by atoms with Gasteiger partial charge in [-0.25, -0.2) is 4.98 Å². The normalized spacial score (nSPS) is 12.5. The Kier molecular flexibility index (Phi) is 3.57. The van der Waals surface area contributed by atoms with Gasteiger partial charge in [-0.1, -0.05) is 23.4 Å². The molecular formula is C8H8ClNO2S. The van der Waals surface area contributed by atoms with Crippen LogP contribution in [0.3, 0.4) is 0 Å². The third-order valence-corrected chi connectivity index (χ3v) is 2.61. The van der Waals surface area contributed by atoms with Crippen LogP contribution in [-0.2, 0) is 4.79 Å². The number of thioether (sulfide) groups is 1. The summed E-state index contributed by atoms with van der Waals surface area (Å²) in [6, 6.07) is 3.39. The molecule has 0 aromatic carbocycles. The van der Waals surface area contributed by atoms with E-state index in [4.69, 9.17) is 16.7 Å². The van der Waals surface area contributed by atoms with Crippen molar-refractivity contribution in [2.75, 3.05) is 0 Å². The number of halogens is 1. The van der Waals surface area contributed by atoms with Gasteiger partial charge in [-0.15, -0.1) is 0 Å². The zero-order valence-electron chi connectivity index (χ0n) is 6.90. The third-order valence-electron chi connectivity index (χ3n) is 1.35. The molecule has 3 nitrogen and oxygen atoms in total. The quantitative estimate of drug-likeness (QED) is 0.790. The van der Waals surface area contributed by atoms with Crippen LogP contribution in [0.1, 0.15) is 6.92 Å². The molecule has 1 rings (SSSR count). The molecule has 0 aliphatic rings. The topological polar surface area (TPSA) is 50.2 Å². The van der Waals surface area contributed by atoms with Gasteiger partial charge in [-0.3, -0.25) is 4.79 Å². The van der Waals surface area contributed by atoms with Gasteiger partial charge in [0.2, 0.25) is 0 Å². The van der Waals surface area contributed by atoms with Crippen molar-refractivity contribution >= 4 is 29.3 Å². The van der Waals surface area contributed by atoms with Crippen LogP contribution in [0.5, 0.6) is 0 Å². The molecule has 1 aromatic heterocycles. The maximum Gasteiger partial charge on any atom is 0.316 e.